The van der Waals surface area contributed by atoms with E-state index in [1.807, 2.05) is 13.8 Å². The van der Waals surface area contributed by atoms with Gasteiger partial charge in [0.25, 0.3) is 0 Å². The molecule has 0 aromatic carbocycles. The Bertz CT molecular complexity index is 227. The van der Waals surface area contributed by atoms with Crippen molar-refractivity contribution in [3.8, 4) is 0 Å². The fourth-order valence-electron chi connectivity index (χ4n) is 1.54. The van der Waals surface area contributed by atoms with E-state index in [9.17, 15) is 9.90 Å². The molecule has 0 radical (unpaired) electrons. The van der Waals surface area contributed by atoms with E-state index in [1.165, 1.54) is 0 Å². The molecule has 0 aromatic rings. The second kappa shape index (κ2) is 4.11. The molecular weight excluding hydrogens is 200 g/mol. The minimum absolute atomic E-state index is 0.321. The second-order valence-electron chi connectivity index (χ2n) is 4.27. The van der Waals surface area contributed by atoms with Crippen molar-refractivity contribution in [2.75, 3.05) is 18.1 Å². The zero-order valence-corrected chi connectivity index (χ0v) is 9.82. The molecule has 0 amide bonds. The summed E-state index contributed by atoms with van der Waals surface area (Å²) >= 11 is 1.61. The van der Waals surface area contributed by atoms with E-state index >= 15 is 0 Å². The van der Waals surface area contributed by atoms with E-state index in [0.29, 0.717) is 12.4 Å². The molecule has 82 valence electrons. The lowest BCUT2D eigenvalue weighted by Crippen LogP contribution is -2.56. The number of hydrogen-bond acceptors (Lipinski definition) is 4. The van der Waals surface area contributed by atoms with Crippen LogP contribution in [-0.4, -0.2) is 34.8 Å². The summed E-state index contributed by atoms with van der Waals surface area (Å²) in [5.74, 6) is 0.963. The van der Waals surface area contributed by atoms with Gasteiger partial charge < -0.3 is 9.84 Å². The Morgan fingerprint density at radius 1 is 1.57 bits per heavy atom. The summed E-state index contributed by atoms with van der Waals surface area (Å²) in [6.45, 7) is 5.92. The van der Waals surface area contributed by atoms with Crippen molar-refractivity contribution < 1.29 is 14.6 Å². The molecule has 0 aromatic heterocycles. The van der Waals surface area contributed by atoms with Gasteiger partial charge in [0.15, 0.2) is 5.60 Å². The first kappa shape index (κ1) is 11.9. The van der Waals surface area contributed by atoms with Crippen molar-refractivity contribution in [2.45, 2.75) is 32.8 Å². The number of rotatable bonds is 2. The normalized spacial score (nSPS) is 31.1. The summed E-state index contributed by atoms with van der Waals surface area (Å²) in [6, 6.07) is 0. The Hall–Kier alpha value is -0.220. The molecule has 0 aliphatic carbocycles. The maximum Gasteiger partial charge on any atom is 0.339 e. The van der Waals surface area contributed by atoms with Crippen LogP contribution in [0.25, 0.3) is 0 Å². The molecule has 0 saturated carbocycles. The molecule has 3 nitrogen and oxygen atoms in total. The zero-order valence-electron chi connectivity index (χ0n) is 9.00. The van der Waals surface area contributed by atoms with Crippen LogP contribution >= 0.6 is 11.8 Å². The maximum absolute atomic E-state index is 11.6. The SMILES string of the molecule is CCOC(=O)C1(O)CSCCC1(C)C. The van der Waals surface area contributed by atoms with Crippen molar-refractivity contribution >= 4 is 17.7 Å². The fourth-order valence-corrected chi connectivity index (χ4v) is 3.14. The molecule has 1 aliphatic rings. The van der Waals surface area contributed by atoms with Gasteiger partial charge in [0.1, 0.15) is 0 Å². The third kappa shape index (κ3) is 1.91. The summed E-state index contributed by atoms with van der Waals surface area (Å²) in [5.41, 5.74) is -1.70. The third-order valence-corrected chi connectivity index (χ3v) is 4.03. The zero-order chi connectivity index (χ0) is 10.8. The highest BCUT2D eigenvalue weighted by molar-refractivity contribution is 7.99. The van der Waals surface area contributed by atoms with Gasteiger partial charge in [0, 0.05) is 11.2 Å². The maximum atomic E-state index is 11.6. The van der Waals surface area contributed by atoms with Crippen LogP contribution in [0.15, 0.2) is 0 Å². The van der Waals surface area contributed by atoms with Crippen molar-refractivity contribution in [1.29, 1.82) is 0 Å². The molecule has 1 fully saturated rings. The highest BCUT2D eigenvalue weighted by Gasteiger charge is 2.52. The van der Waals surface area contributed by atoms with Crippen LogP contribution in [0.1, 0.15) is 27.2 Å². The predicted molar refractivity (Wildman–Crippen MR) is 57.3 cm³/mol. The summed E-state index contributed by atoms with van der Waals surface area (Å²) < 4.78 is 4.92. The van der Waals surface area contributed by atoms with Gasteiger partial charge in [0.2, 0.25) is 0 Å². The molecule has 1 N–H and O–H groups in total. The average molecular weight is 218 g/mol. The molecule has 4 heteroatoms. The monoisotopic (exact) mass is 218 g/mol. The number of hydrogen-bond donors (Lipinski definition) is 1. The van der Waals surface area contributed by atoms with E-state index in [0.717, 1.165) is 12.2 Å². The first-order valence-corrected chi connectivity index (χ1v) is 6.07. The van der Waals surface area contributed by atoms with E-state index in [4.69, 9.17) is 4.74 Å². The lowest BCUT2D eigenvalue weighted by atomic mass is 9.73. The summed E-state index contributed by atoms with van der Waals surface area (Å²) in [7, 11) is 0. The van der Waals surface area contributed by atoms with Gasteiger partial charge in [-0.05, 0) is 19.1 Å². The van der Waals surface area contributed by atoms with Gasteiger partial charge in [-0.25, -0.2) is 4.79 Å². The molecule has 1 atom stereocenters. The lowest BCUT2D eigenvalue weighted by Gasteiger charge is -2.43. The van der Waals surface area contributed by atoms with E-state index in [-0.39, 0.29) is 5.41 Å². The van der Waals surface area contributed by atoms with Crippen molar-refractivity contribution in [3.63, 3.8) is 0 Å². The number of carbonyl (C=O) groups excluding carboxylic acids is 1. The quantitative estimate of drug-likeness (QED) is 0.712. The van der Waals surface area contributed by atoms with Crippen LogP contribution in [0.3, 0.4) is 0 Å². The standard InChI is InChI=1S/C10H18O3S/c1-4-13-8(11)10(12)7-14-6-5-9(10,2)3/h12H,4-7H2,1-3H3. The van der Waals surface area contributed by atoms with Crippen LogP contribution in [-0.2, 0) is 9.53 Å². The van der Waals surface area contributed by atoms with Gasteiger partial charge in [-0.15, -0.1) is 0 Å². The van der Waals surface area contributed by atoms with Crippen molar-refractivity contribution in [2.24, 2.45) is 5.41 Å². The Morgan fingerprint density at radius 3 is 2.71 bits per heavy atom. The molecule has 0 spiro atoms. The number of carbonyl (C=O) groups is 1. The largest absolute Gasteiger partial charge is 0.464 e. The van der Waals surface area contributed by atoms with Crippen molar-refractivity contribution in [3.05, 3.63) is 0 Å². The van der Waals surface area contributed by atoms with Crippen molar-refractivity contribution in [1.82, 2.24) is 0 Å². The van der Waals surface area contributed by atoms with E-state index in [2.05, 4.69) is 0 Å². The van der Waals surface area contributed by atoms with Gasteiger partial charge >= 0.3 is 5.97 Å². The van der Waals surface area contributed by atoms with Crippen LogP contribution in [0.2, 0.25) is 0 Å². The number of esters is 1. The Morgan fingerprint density at radius 2 is 2.21 bits per heavy atom. The fraction of sp³-hybridized carbons (Fsp3) is 0.900. The first-order chi connectivity index (χ1) is 6.44. The highest BCUT2D eigenvalue weighted by Crippen LogP contribution is 2.42. The molecule has 1 heterocycles. The molecule has 1 aliphatic heterocycles. The van der Waals surface area contributed by atoms with Crippen LogP contribution in [0.5, 0.6) is 0 Å². The summed E-state index contributed by atoms with van der Waals surface area (Å²) in [4.78, 5) is 11.6. The summed E-state index contributed by atoms with van der Waals surface area (Å²) in [5, 5.41) is 10.3. The number of aliphatic hydroxyl groups is 1. The second-order valence-corrected chi connectivity index (χ2v) is 5.37. The topological polar surface area (TPSA) is 46.5 Å². The summed E-state index contributed by atoms with van der Waals surface area (Å²) in [6.07, 6.45) is 0.840. The predicted octanol–water partition coefficient (Wildman–Crippen LogP) is 1.44. The minimum atomic E-state index is -1.31. The van der Waals surface area contributed by atoms with Gasteiger partial charge in [-0.2, -0.15) is 11.8 Å². The smallest absolute Gasteiger partial charge is 0.339 e. The molecule has 0 bridgehead atoms. The Kier molecular flexibility index (Phi) is 3.48. The van der Waals surface area contributed by atoms with Crippen LogP contribution in [0.4, 0.5) is 0 Å². The Balaban J connectivity index is 2.83. The van der Waals surface area contributed by atoms with Gasteiger partial charge in [-0.1, -0.05) is 13.8 Å². The average Bonchev–Trinajstić information content (AvgIpc) is 2.10. The number of ether oxygens (including phenoxy) is 1. The molecule has 14 heavy (non-hydrogen) atoms. The Labute approximate surface area is 89.2 Å². The van der Waals surface area contributed by atoms with Crippen LogP contribution in [0, 0.1) is 5.41 Å². The first-order valence-electron chi connectivity index (χ1n) is 4.91. The molecule has 1 rings (SSSR count). The van der Waals surface area contributed by atoms with E-state index in [1.54, 1.807) is 18.7 Å². The lowest BCUT2D eigenvalue weighted by molar-refractivity contribution is -0.175. The van der Waals surface area contributed by atoms with Gasteiger partial charge in [-0.3, -0.25) is 0 Å². The minimum Gasteiger partial charge on any atom is -0.464 e. The highest BCUT2D eigenvalue weighted by atomic mass is 32.2. The molecule has 1 unspecified atom stereocenters. The van der Waals surface area contributed by atoms with E-state index < -0.39 is 11.6 Å². The number of thioether (sulfide) groups is 1. The third-order valence-electron chi connectivity index (χ3n) is 2.92. The van der Waals surface area contributed by atoms with Crippen LogP contribution < -0.4 is 0 Å². The molecular formula is C10H18O3S. The van der Waals surface area contributed by atoms with Gasteiger partial charge in [0.05, 0.1) is 6.61 Å². The molecule has 1 saturated heterocycles.